The molecule has 0 atom stereocenters. The average molecular weight is 803 g/mol. The number of benzene rings is 2. The number of carbonyl (C=O) groups excluding carboxylic acids is 2. The fourth-order valence-electron chi connectivity index (χ4n) is 8.24. The molecule has 0 saturated carbocycles. The third-order valence-electron chi connectivity index (χ3n) is 11.4. The first-order chi connectivity index (χ1) is 29.4. The molecule has 0 spiro atoms. The molecule has 0 fully saturated rings. The Morgan fingerprint density at radius 3 is 1.20 bits per heavy atom. The largest absolute Gasteiger partial charge is 0.462 e. The Kier molecular flexibility index (Phi) is 14.2. The molecule has 0 unspecified atom stereocenters. The van der Waals surface area contributed by atoms with E-state index in [1.807, 2.05) is 62.4 Å². The molecular formula is C52H58N4O4. The van der Waals surface area contributed by atoms with Crippen molar-refractivity contribution in [2.75, 3.05) is 13.2 Å². The van der Waals surface area contributed by atoms with Crippen LogP contribution in [-0.4, -0.2) is 45.1 Å². The second-order valence-corrected chi connectivity index (χ2v) is 15.6. The lowest BCUT2D eigenvalue weighted by molar-refractivity contribution is 0.0517. The van der Waals surface area contributed by atoms with Crippen LogP contribution in [0, 0.1) is 0 Å². The van der Waals surface area contributed by atoms with E-state index in [0.717, 1.165) is 117 Å². The van der Waals surface area contributed by atoms with Crippen molar-refractivity contribution in [1.29, 1.82) is 0 Å². The van der Waals surface area contributed by atoms with Gasteiger partial charge in [-0.05, 0) is 123 Å². The van der Waals surface area contributed by atoms with Crippen LogP contribution in [0.5, 0.6) is 0 Å². The van der Waals surface area contributed by atoms with Crippen molar-refractivity contribution in [2.24, 2.45) is 0 Å². The molecule has 8 bridgehead atoms. The Morgan fingerprint density at radius 2 is 0.817 bits per heavy atom. The van der Waals surface area contributed by atoms with E-state index < -0.39 is 0 Å². The molecule has 8 heteroatoms. The molecule has 0 amide bonds. The summed E-state index contributed by atoms with van der Waals surface area (Å²) in [6, 6.07) is 23.9. The van der Waals surface area contributed by atoms with Crippen molar-refractivity contribution < 1.29 is 19.1 Å². The zero-order valence-corrected chi connectivity index (χ0v) is 35.7. The highest BCUT2D eigenvalue weighted by atomic mass is 16.5. The topological polar surface area (TPSA) is 110 Å². The van der Waals surface area contributed by atoms with Gasteiger partial charge < -0.3 is 19.4 Å². The molecule has 2 aromatic carbocycles. The molecule has 0 radical (unpaired) electrons. The van der Waals surface area contributed by atoms with Crippen molar-refractivity contribution in [3.8, 4) is 22.3 Å². The van der Waals surface area contributed by atoms with Gasteiger partial charge in [0, 0.05) is 44.3 Å². The summed E-state index contributed by atoms with van der Waals surface area (Å²) in [5.74, 6) is -0.666. The standard InChI is InChI=1S/C52H58N4O4/c1-5-9-11-13-15-17-39-41-27-31-45(53-41)49(35-19-23-37(24-20-35)51(57)59-7-3)47-33-29-43(55-47)40(18-16-14-12-10-6-2)44-30-34-48(56-44)50(46-32-28-42(39)54-46)36-21-25-38(26-22-36)52(58)60-8-4/h19-34,53,56H,5-18H2,1-4H3. The molecule has 2 N–H and O–H groups in total. The van der Waals surface area contributed by atoms with E-state index >= 15 is 0 Å². The van der Waals surface area contributed by atoms with Gasteiger partial charge in [-0.15, -0.1) is 0 Å². The molecule has 7 rings (SSSR count). The van der Waals surface area contributed by atoms with Gasteiger partial charge in [0.25, 0.3) is 0 Å². The number of nitrogens with zero attached hydrogens (tertiary/aromatic N) is 2. The summed E-state index contributed by atoms with van der Waals surface area (Å²) in [7, 11) is 0. The fourth-order valence-corrected chi connectivity index (χ4v) is 8.24. The summed E-state index contributed by atoms with van der Waals surface area (Å²) in [5, 5.41) is 0. The molecule has 5 aromatic rings. The summed E-state index contributed by atoms with van der Waals surface area (Å²) in [4.78, 5) is 43.7. The molecule has 5 heterocycles. The number of aryl methyl sites for hydroxylation is 2. The molecule has 0 saturated heterocycles. The number of esters is 2. The maximum Gasteiger partial charge on any atom is 0.338 e. The minimum absolute atomic E-state index is 0.323. The minimum atomic E-state index is -0.333. The number of unbranched alkanes of at least 4 members (excludes halogenated alkanes) is 8. The van der Waals surface area contributed by atoms with Crippen molar-refractivity contribution in [1.82, 2.24) is 19.9 Å². The number of hydrogen-bond acceptors (Lipinski definition) is 6. The number of ether oxygens (including phenoxy) is 2. The lowest BCUT2D eigenvalue weighted by atomic mass is 10.0. The van der Waals surface area contributed by atoms with Crippen LogP contribution in [0.4, 0.5) is 0 Å². The van der Waals surface area contributed by atoms with Gasteiger partial charge in [0.05, 0.1) is 47.1 Å². The van der Waals surface area contributed by atoms with Gasteiger partial charge in [-0.3, -0.25) is 0 Å². The quantitative estimate of drug-likeness (QED) is 0.0660. The van der Waals surface area contributed by atoms with Crippen LogP contribution >= 0.6 is 0 Å². The van der Waals surface area contributed by atoms with Crippen LogP contribution in [0.3, 0.4) is 0 Å². The van der Waals surface area contributed by atoms with E-state index in [1.54, 1.807) is 0 Å². The minimum Gasteiger partial charge on any atom is -0.462 e. The maximum absolute atomic E-state index is 12.6. The molecule has 3 aromatic heterocycles. The number of nitrogens with one attached hydrogen (secondary N) is 2. The normalized spacial score (nSPS) is 11.9. The van der Waals surface area contributed by atoms with E-state index in [1.165, 1.54) is 38.5 Å². The number of H-pyrrole nitrogens is 2. The number of aromatic nitrogens is 4. The highest BCUT2D eigenvalue weighted by Crippen LogP contribution is 2.35. The van der Waals surface area contributed by atoms with Gasteiger partial charge in [0.15, 0.2) is 0 Å². The van der Waals surface area contributed by atoms with Crippen LogP contribution in [0.25, 0.3) is 68.6 Å². The van der Waals surface area contributed by atoms with Crippen molar-refractivity contribution in [3.05, 3.63) is 118 Å². The number of hydrogen-bond donors (Lipinski definition) is 2. The van der Waals surface area contributed by atoms with Gasteiger partial charge in [-0.1, -0.05) is 89.5 Å². The summed E-state index contributed by atoms with van der Waals surface area (Å²) in [5.41, 5.74) is 14.7. The van der Waals surface area contributed by atoms with Crippen LogP contribution in [0.2, 0.25) is 0 Å². The van der Waals surface area contributed by atoms with E-state index in [0.29, 0.717) is 24.3 Å². The van der Waals surface area contributed by atoms with Gasteiger partial charge in [-0.25, -0.2) is 19.6 Å². The highest BCUT2D eigenvalue weighted by Gasteiger charge is 2.19. The van der Waals surface area contributed by atoms with E-state index in [-0.39, 0.29) is 11.9 Å². The van der Waals surface area contributed by atoms with E-state index in [2.05, 4.69) is 72.4 Å². The number of carbonyl (C=O) groups is 2. The molecule has 8 nitrogen and oxygen atoms in total. The summed E-state index contributed by atoms with van der Waals surface area (Å²) in [6.45, 7) is 8.77. The second kappa shape index (κ2) is 20.3. The smallest absolute Gasteiger partial charge is 0.338 e. The first-order valence-electron chi connectivity index (χ1n) is 22.1. The third-order valence-corrected chi connectivity index (χ3v) is 11.4. The predicted octanol–water partition coefficient (Wildman–Crippen LogP) is 13.4. The zero-order valence-electron chi connectivity index (χ0n) is 35.7. The predicted molar refractivity (Wildman–Crippen MR) is 247 cm³/mol. The first kappa shape index (κ1) is 42.1. The van der Waals surface area contributed by atoms with Crippen LogP contribution in [0.1, 0.15) is 147 Å². The zero-order chi connectivity index (χ0) is 41.8. The highest BCUT2D eigenvalue weighted by molar-refractivity contribution is 5.96. The Balaban J connectivity index is 1.49. The van der Waals surface area contributed by atoms with Crippen LogP contribution in [-0.2, 0) is 22.3 Å². The Hall–Kier alpha value is -6.02. The van der Waals surface area contributed by atoms with Gasteiger partial charge in [0.2, 0.25) is 0 Å². The molecule has 2 aliphatic rings. The average Bonchev–Trinajstić information content (AvgIpc) is 4.11. The first-order valence-corrected chi connectivity index (χ1v) is 22.1. The van der Waals surface area contributed by atoms with E-state index in [4.69, 9.17) is 19.4 Å². The summed E-state index contributed by atoms with van der Waals surface area (Å²) >= 11 is 0. The SMILES string of the molecule is CCCCCCCc1c2nc(c(-c3ccc(C(=O)OCC)cc3)c3ccc([nH]3)c(CCCCCCC)c3nc(c(-c4ccc(C(=O)OCC)cc4)c4ccc1[nH]4)C=C3)C=C2. The van der Waals surface area contributed by atoms with Crippen molar-refractivity contribution in [2.45, 2.75) is 105 Å². The van der Waals surface area contributed by atoms with Crippen LogP contribution < -0.4 is 0 Å². The van der Waals surface area contributed by atoms with Gasteiger partial charge in [0.1, 0.15) is 0 Å². The lowest BCUT2D eigenvalue weighted by Crippen LogP contribution is -2.04. The van der Waals surface area contributed by atoms with Crippen LogP contribution in [0.15, 0.2) is 72.8 Å². The Bertz CT molecular complexity index is 2350. The second-order valence-electron chi connectivity index (χ2n) is 15.6. The molecular weight excluding hydrogens is 745 g/mol. The summed E-state index contributed by atoms with van der Waals surface area (Å²) in [6.07, 6.45) is 21.9. The fraction of sp³-hybridized carbons (Fsp3) is 0.346. The maximum atomic E-state index is 12.6. The Morgan fingerprint density at radius 1 is 0.450 bits per heavy atom. The summed E-state index contributed by atoms with van der Waals surface area (Å²) < 4.78 is 10.6. The van der Waals surface area contributed by atoms with E-state index in [9.17, 15) is 9.59 Å². The van der Waals surface area contributed by atoms with Gasteiger partial charge in [-0.2, -0.15) is 0 Å². The molecule has 310 valence electrons. The number of fused-ring (bicyclic) bond motifs is 8. The van der Waals surface area contributed by atoms with Gasteiger partial charge >= 0.3 is 11.9 Å². The monoisotopic (exact) mass is 802 g/mol. The third kappa shape index (κ3) is 9.71. The number of rotatable bonds is 18. The molecule has 60 heavy (non-hydrogen) atoms. The molecule has 0 aliphatic carbocycles. The van der Waals surface area contributed by atoms with Crippen molar-refractivity contribution >= 4 is 58.3 Å². The molecule has 2 aliphatic heterocycles. The lowest BCUT2D eigenvalue weighted by Gasteiger charge is -2.08. The van der Waals surface area contributed by atoms with Crippen molar-refractivity contribution in [3.63, 3.8) is 0 Å². The number of aromatic amines is 2. The Labute approximate surface area is 354 Å².